The van der Waals surface area contributed by atoms with Crippen LogP contribution in [0.1, 0.15) is 20.8 Å². The highest BCUT2D eigenvalue weighted by atomic mass is 79.9. The van der Waals surface area contributed by atoms with Crippen LogP contribution in [-0.2, 0) is 4.74 Å². The van der Waals surface area contributed by atoms with Crippen molar-refractivity contribution < 1.29 is 9.53 Å². The number of hydrogen-bond acceptors (Lipinski definition) is 4. The number of hydrogen-bond donors (Lipinski definition) is 1. The first-order valence-electron chi connectivity index (χ1n) is 5.55. The molecule has 0 aliphatic carbocycles. The van der Waals surface area contributed by atoms with E-state index >= 15 is 0 Å². The molecule has 2 aromatic rings. The molecule has 8 heteroatoms. The normalized spacial score (nSPS) is 11.6. The van der Waals surface area contributed by atoms with E-state index in [2.05, 4.69) is 40.8 Å². The van der Waals surface area contributed by atoms with Gasteiger partial charge in [-0.3, -0.25) is 9.65 Å². The van der Waals surface area contributed by atoms with Crippen LogP contribution in [0.15, 0.2) is 16.7 Å². The van der Waals surface area contributed by atoms with E-state index in [1.54, 1.807) is 16.6 Å². The van der Waals surface area contributed by atoms with E-state index in [1.807, 2.05) is 20.8 Å². The van der Waals surface area contributed by atoms with Crippen molar-refractivity contribution in [2.75, 3.05) is 5.32 Å². The quantitative estimate of drug-likeness (QED) is 0.806. The molecule has 1 unspecified atom stereocenters. The molecule has 2 aromatic heterocycles. The summed E-state index contributed by atoms with van der Waals surface area (Å²) in [5.74, 6) is 0.565. The molecule has 0 saturated carbocycles. The number of fused-ring (bicyclic) bond motifs is 1. The number of aromatic nitrogens is 3. The first-order chi connectivity index (χ1) is 8.78. The van der Waals surface area contributed by atoms with E-state index in [0.717, 1.165) is 9.86 Å². The second-order valence-electron chi connectivity index (χ2n) is 4.96. The van der Waals surface area contributed by atoms with Gasteiger partial charge in [-0.05, 0) is 52.2 Å². The summed E-state index contributed by atoms with van der Waals surface area (Å²) in [5, 5.41) is 11.4. The van der Waals surface area contributed by atoms with Crippen LogP contribution in [0.4, 0.5) is 10.6 Å². The molecule has 19 heavy (non-hydrogen) atoms. The SMILES string of the molecule is CC(C)(C)OC(=O)Nc1cc2c(Br)cnnc2n1P. The average molecular weight is 345 g/mol. The summed E-state index contributed by atoms with van der Waals surface area (Å²) < 4.78 is 7.68. The lowest BCUT2D eigenvalue weighted by atomic mass is 10.2. The fourth-order valence-corrected chi connectivity index (χ4v) is 2.21. The van der Waals surface area contributed by atoms with E-state index in [9.17, 15) is 4.79 Å². The minimum Gasteiger partial charge on any atom is -0.444 e. The van der Waals surface area contributed by atoms with E-state index in [-0.39, 0.29) is 0 Å². The topological polar surface area (TPSA) is 69.0 Å². The Balaban J connectivity index is 2.29. The minimum absolute atomic E-state index is 0.511. The van der Waals surface area contributed by atoms with Crippen molar-refractivity contribution in [1.29, 1.82) is 0 Å². The summed E-state index contributed by atoms with van der Waals surface area (Å²) >= 11 is 3.39. The Morgan fingerprint density at radius 3 is 2.79 bits per heavy atom. The number of anilines is 1. The van der Waals surface area contributed by atoms with Gasteiger partial charge in [0, 0.05) is 9.86 Å². The lowest BCUT2D eigenvalue weighted by Crippen LogP contribution is -2.27. The molecule has 1 amide bonds. The minimum atomic E-state index is -0.539. The maximum atomic E-state index is 11.7. The fourth-order valence-electron chi connectivity index (χ4n) is 1.50. The van der Waals surface area contributed by atoms with Crippen LogP contribution in [-0.4, -0.2) is 26.2 Å². The van der Waals surface area contributed by atoms with Crippen LogP contribution < -0.4 is 5.32 Å². The highest BCUT2D eigenvalue weighted by Crippen LogP contribution is 2.29. The molecule has 0 aromatic carbocycles. The van der Waals surface area contributed by atoms with Crippen molar-refractivity contribution in [3.8, 4) is 0 Å². The van der Waals surface area contributed by atoms with Gasteiger partial charge in [-0.15, -0.1) is 5.10 Å². The first kappa shape index (κ1) is 14.2. The van der Waals surface area contributed by atoms with Gasteiger partial charge in [0.2, 0.25) is 0 Å². The molecule has 2 rings (SSSR count). The van der Waals surface area contributed by atoms with Crippen LogP contribution in [0.5, 0.6) is 0 Å². The number of carbonyl (C=O) groups is 1. The Morgan fingerprint density at radius 1 is 1.53 bits per heavy atom. The summed E-state index contributed by atoms with van der Waals surface area (Å²) in [5.41, 5.74) is 0.104. The van der Waals surface area contributed by atoms with Crippen LogP contribution in [0, 0.1) is 0 Å². The molecule has 0 aliphatic rings. The third-order valence-electron chi connectivity index (χ3n) is 2.22. The van der Waals surface area contributed by atoms with Crippen LogP contribution in [0.25, 0.3) is 11.0 Å². The monoisotopic (exact) mass is 344 g/mol. The number of halogens is 1. The van der Waals surface area contributed by atoms with E-state index < -0.39 is 11.7 Å². The molecule has 0 spiro atoms. The molecule has 1 N–H and O–H groups in total. The maximum absolute atomic E-state index is 11.7. The second-order valence-corrected chi connectivity index (χ2v) is 6.33. The van der Waals surface area contributed by atoms with Crippen molar-refractivity contribution >= 4 is 48.3 Å². The van der Waals surface area contributed by atoms with Crippen molar-refractivity contribution in [2.24, 2.45) is 0 Å². The highest BCUT2D eigenvalue weighted by Gasteiger charge is 2.18. The third kappa shape index (κ3) is 3.22. The van der Waals surface area contributed by atoms with Gasteiger partial charge in [-0.2, -0.15) is 5.10 Å². The molecule has 0 aliphatic heterocycles. The standard InChI is InChI=1S/C11H14BrN4O2P/c1-11(2,3)18-10(17)14-8-4-6-7(12)5-13-15-9(6)16(8)19/h4-5H,19H2,1-3H3,(H,14,17). The molecule has 2 heterocycles. The maximum Gasteiger partial charge on any atom is 0.413 e. The predicted octanol–water partition coefficient (Wildman–Crippen LogP) is 3.18. The molecule has 0 radical (unpaired) electrons. The van der Waals surface area contributed by atoms with E-state index in [4.69, 9.17) is 4.74 Å². The summed E-state index contributed by atoms with van der Waals surface area (Å²) in [6.45, 7) is 5.43. The van der Waals surface area contributed by atoms with Gasteiger partial charge in [-0.1, -0.05) is 0 Å². The van der Waals surface area contributed by atoms with E-state index in [1.165, 1.54) is 0 Å². The second kappa shape index (κ2) is 5.06. The number of nitrogens with zero attached hydrogens (tertiary/aromatic N) is 3. The van der Waals surface area contributed by atoms with Gasteiger partial charge in [0.25, 0.3) is 0 Å². The molecule has 0 saturated heterocycles. The Morgan fingerprint density at radius 2 is 2.21 bits per heavy atom. The number of rotatable bonds is 1. The van der Waals surface area contributed by atoms with Crippen LogP contribution in [0.2, 0.25) is 0 Å². The Kier molecular flexibility index (Phi) is 3.78. The smallest absolute Gasteiger partial charge is 0.413 e. The lowest BCUT2D eigenvalue weighted by molar-refractivity contribution is 0.0635. The summed E-state index contributed by atoms with van der Waals surface area (Å²) in [6.07, 6.45) is 1.09. The largest absolute Gasteiger partial charge is 0.444 e. The molecule has 102 valence electrons. The molecular formula is C11H14BrN4O2P. The summed E-state index contributed by atoms with van der Waals surface area (Å²) in [4.78, 5) is 11.7. The fraction of sp³-hybridized carbons (Fsp3) is 0.364. The summed E-state index contributed by atoms with van der Waals surface area (Å²) in [6, 6.07) is 1.80. The van der Waals surface area contributed by atoms with Crippen molar-refractivity contribution in [3.05, 3.63) is 16.7 Å². The van der Waals surface area contributed by atoms with Gasteiger partial charge in [0.05, 0.1) is 6.20 Å². The van der Waals surface area contributed by atoms with Crippen molar-refractivity contribution in [1.82, 2.24) is 14.5 Å². The van der Waals surface area contributed by atoms with Crippen molar-refractivity contribution in [2.45, 2.75) is 26.4 Å². The molecule has 0 bridgehead atoms. The zero-order valence-electron chi connectivity index (χ0n) is 10.8. The van der Waals surface area contributed by atoms with Crippen LogP contribution >= 0.6 is 25.3 Å². The Bertz CT molecular complexity index is 635. The average Bonchev–Trinajstić information content (AvgIpc) is 2.56. The summed E-state index contributed by atoms with van der Waals surface area (Å²) in [7, 11) is 2.48. The molecule has 1 atom stereocenters. The van der Waals surface area contributed by atoms with Gasteiger partial charge >= 0.3 is 6.09 Å². The van der Waals surface area contributed by atoms with Gasteiger partial charge in [0.1, 0.15) is 11.4 Å². The molecule has 6 nitrogen and oxygen atoms in total. The first-order valence-corrected chi connectivity index (χ1v) is 6.86. The number of amides is 1. The Labute approximate surface area is 121 Å². The Hall–Kier alpha value is -1.20. The van der Waals surface area contributed by atoms with Crippen LogP contribution in [0.3, 0.4) is 0 Å². The zero-order chi connectivity index (χ0) is 14.2. The predicted molar refractivity (Wildman–Crippen MR) is 80.2 cm³/mol. The van der Waals surface area contributed by atoms with Gasteiger partial charge in [0.15, 0.2) is 5.65 Å². The lowest BCUT2D eigenvalue weighted by Gasteiger charge is -2.19. The number of carbonyl (C=O) groups excluding carboxylic acids is 1. The third-order valence-corrected chi connectivity index (χ3v) is 3.37. The molecular weight excluding hydrogens is 331 g/mol. The van der Waals surface area contributed by atoms with Gasteiger partial charge in [-0.25, -0.2) is 4.79 Å². The van der Waals surface area contributed by atoms with Gasteiger partial charge < -0.3 is 4.74 Å². The highest BCUT2D eigenvalue weighted by molar-refractivity contribution is 9.10. The molecule has 0 fully saturated rings. The van der Waals surface area contributed by atoms with Crippen molar-refractivity contribution in [3.63, 3.8) is 0 Å². The van der Waals surface area contributed by atoms with E-state index in [0.29, 0.717) is 11.5 Å². The number of ether oxygens (including phenoxy) is 1. The zero-order valence-corrected chi connectivity index (χ0v) is 13.5. The number of nitrogens with one attached hydrogen (secondary N) is 1.